The van der Waals surface area contributed by atoms with E-state index in [0.717, 1.165) is 42.0 Å². The summed E-state index contributed by atoms with van der Waals surface area (Å²) < 4.78 is 11.6. The van der Waals surface area contributed by atoms with E-state index in [1.165, 1.54) is 0 Å². The summed E-state index contributed by atoms with van der Waals surface area (Å²) >= 11 is 0. The molecule has 164 valence electrons. The van der Waals surface area contributed by atoms with E-state index in [2.05, 4.69) is 24.4 Å². The van der Waals surface area contributed by atoms with Gasteiger partial charge in [0.2, 0.25) is 0 Å². The van der Waals surface area contributed by atoms with Gasteiger partial charge in [-0.2, -0.15) is 0 Å². The molecule has 1 N–H and O–H groups in total. The minimum absolute atomic E-state index is 0.0180. The highest BCUT2D eigenvalue weighted by molar-refractivity contribution is 6.02. The fourth-order valence-electron chi connectivity index (χ4n) is 4.52. The molecular formula is C27H28N2O3. The summed E-state index contributed by atoms with van der Waals surface area (Å²) in [5.74, 6) is 0.828. The molecule has 2 unspecified atom stereocenters. The van der Waals surface area contributed by atoms with Crippen molar-refractivity contribution < 1.29 is 14.3 Å². The lowest BCUT2D eigenvalue weighted by Gasteiger charge is -2.47. The van der Waals surface area contributed by atoms with Crippen LogP contribution in [0.4, 0.5) is 5.69 Å². The predicted molar refractivity (Wildman–Crippen MR) is 125 cm³/mol. The summed E-state index contributed by atoms with van der Waals surface area (Å²) in [4.78, 5) is 15.5. The van der Waals surface area contributed by atoms with Crippen molar-refractivity contribution in [2.45, 2.75) is 38.1 Å². The molecule has 5 heteroatoms. The first-order chi connectivity index (χ1) is 15.6. The molecule has 0 aliphatic carbocycles. The van der Waals surface area contributed by atoms with Crippen LogP contribution in [-0.4, -0.2) is 30.1 Å². The van der Waals surface area contributed by atoms with Gasteiger partial charge in [-0.15, -0.1) is 0 Å². The molecule has 5 rings (SSSR count). The maximum absolute atomic E-state index is 13.6. The molecule has 3 aromatic carbocycles. The molecule has 2 aliphatic heterocycles. The zero-order valence-corrected chi connectivity index (χ0v) is 18.3. The maximum Gasteiger partial charge on any atom is 0.258 e. The molecule has 1 fully saturated rings. The Morgan fingerprint density at radius 2 is 1.78 bits per heavy atom. The van der Waals surface area contributed by atoms with Crippen LogP contribution in [0.15, 0.2) is 78.9 Å². The number of benzene rings is 3. The van der Waals surface area contributed by atoms with Crippen LogP contribution in [0.5, 0.6) is 5.75 Å². The Kier molecular flexibility index (Phi) is 5.58. The van der Waals surface area contributed by atoms with Gasteiger partial charge < -0.3 is 19.7 Å². The third kappa shape index (κ3) is 3.96. The number of carbonyl (C=O) groups excluding carboxylic acids is 1. The second kappa shape index (κ2) is 8.67. The van der Waals surface area contributed by atoms with Crippen molar-refractivity contribution in [1.29, 1.82) is 0 Å². The van der Waals surface area contributed by atoms with Crippen molar-refractivity contribution in [3.63, 3.8) is 0 Å². The summed E-state index contributed by atoms with van der Waals surface area (Å²) in [5.41, 5.74) is 2.93. The van der Waals surface area contributed by atoms with Gasteiger partial charge >= 0.3 is 0 Å². The van der Waals surface area contributed by atoms with Crippen LogP contribution in [0.2, 0.25) is 0 Å². The van der Waals surface area contributed by atoms with Crippen molar-refractivity contribution in [2.24, 2.45) is 0 Å². The zero-order valence-electron chi connectivity index (χ0n) is 18.3. The van der Waals surface area contributed by atoms with Gasteiger partial charge in [0.1, 0.15) is 18.0 Å². The van der Waals surface area contributed by atoms with Crippen LogP contribution < -0.4 is 10.1 Å². The normalized spacial score (nSPS) is 22.3. The largest absolute Gasteiger partial charge is 0.491 e. The Morgan fingerprint density at radius 1 is 1.03 bits per heavy atom. The van der Waals surface area contributed by atoms with E-state index in [-0.39, 0.29) is 12.0 Å². The zero-order chi connectivity index (χ0) is 22.0. The molecule has 0 saturated carbocycles. The van der Waals surface area contributed by atoms with Crippen molar-refractivity contribution in [2.75, 3.05) is 18.5 Å². The topological polar surface area (TPSA) is 50.8 Å². The number of ether oxygens (including phenoxy) is 2. The molecule has 0 bridgehead atoms. The smallest absolute Gasteiger partial charge is 0.258 e. The molecule has 0 aromatic heterocycles. The van der Waals surface area contributed by atoms with Crippen LogP contribution in [0.3, 0.4) is 0 Å². The Labute approximate surface area is 189 Å². The number of hydrogen-bond donors (Lipinski definition) is 1. The van der Waals surface area contributed by atoms with E-state index in [9.17, 15) is 4.79 Å². The minimum Gasteiger partial charge on any atom is -0.491 e. The highest BCUT2D eigenvalue weighted by atomic mass is 16.5. The van der Waals surface area contributed by atoms with Gasteiger partial charge in [0.15, 0.2) is 0 Å². The van der Waals surface area contributed by atoms with Crippen LogP contribution in [0.25, 0.3) is 0 Å². The second-order valence-corrected chi connectivity index (χ2v) is 8.59. The molecule has 0 radical (unpaired) electrons. The number of amides is 1. The third-order valence-corrected chi connectivity index (χ3v) is 6.38. The van der Waals surface area contributed by atoms with Gasteiger partial charge in [-0.25, -0.2) is 0 Å². The number of fused-ring (bicyclic) bond motifs is 1. The monoisotopic (exact) mass is 428 g/mol. The second-order valence-electron chi connectivity index (χ2n) is 8.59. The standard InChI is InChI=1S/C27H28N2O3/c1-27(21-13-15-22(16-14-21)32-19-23-10-7-17-31-23)28-25-12-6-5-11-24(25)26(30)29(27)18-20-8-3-2-4-9-20/h2-6,8-9,11-16,23,28H,7,10,17-19H2,1H3. The van der Waals surface area contributed by atoms with Gasteiger partial charge in [-0.3, -0.25) is 4.79 Å². The van der Waals surface area contributed by atoms with Gasteiger partial charge in [0.25, 0.3) is 5.91 Å². The quantitative estimate of drug-likeness (QED) is 0.587. The van der Waals surface area contributed by atoms with Gasteiger partial charge in [0.05, 0.1) is 11.7 Å². The molecule has 2 aliphatic rings. The highest BCUT2D eigenvalue weighted by Crippen LogP contribution is 2.39. The summed E-state index contributed by atoms with van der Waals surface area (Å²) in [6, 6.07) is 25.8. The van der Waals surface area contributed by atoms with E-state index < -0.39 is 5.66 Å². The number of nitrogens with one attached hydrogen (secondary N) is 1. The average Bonchev–Trinajstić information content (AvgIpc) is 3.35. The Bertz CT molecular complexity index is 1080. The first kappa shape index (κ1) is 20.6. The molecule has 32 heavy (non-hydrogen) atoms. The molecule has 5 nitrogen and oxygen atoms in total. The number of nitrogens with zero attached hydrogens (tertiary/aromatic N) is 1. The van der Waals surface area contributed by atoms with E-state index in [1.807, 2.05) is 71.6 Å². The van der Waals surface area contributed by atoms with Gasteiger partial charge in [0, 0.05) is 18.8 Å². The van der Waals surface area contributed by atoms with Crippen molar-refractivity contribution in [3.8, 4) is 5.75 Å². The van der Waals surface area contributed by atoms with Gasteiger partial charge in [-0.1, -0.05) is 54.6 Å². The highest BCUT2D eigenvalue weighted by Gasteiger charge is 2.42. The number of carbonyl (C=O) groups is 1. The molecule has 2 atom stereocenters. The summed E-state index contributed by atoms with van der Waals surface area (Å²) in [7, 11) is 0. The lowest BCUT2D eigenvalue weighted by molar-refractivity contribution is 0.0508. The fourth-order valence-corrected chi connectivity index (χ4v) is 4.52. The van der Waals surface area contributed by atoms with E-state index in [4.69, 9.17) is 9.47 Å². The summed E-state index contributed by atoms with van der Waals surface area (Å²) in [6.07, 6.45) is 2.34. The Morgan fingerprint density at radius 3 is 2.53 bits per heavy atom. The summed E-state index contributed by atoms with van der Waals surface area (Å²) in [5, 5.41) is 3.63. The fraction of sp³-hybridized carbons (Fsp3) is 0.296. The van der Waals surface area contributed by atoms with E-state index >= 15 is 0 Å². The van der Waals surface area contributed by atoms with Gasteiger partial charge in [-0.05, 0) is 55.2 Å². The molecule has 3 aromatic rings. The summed E-state index contributed by atoms with van der Waals surface area (Å²) in [6.45, 7) is 3.96. The molecule has 2 heterocycles. The number of anilines is 1. The van der Waals surface area contributed by atoms with Crippen molar-refractivity contribution in [1.82, 2.24) is 4.90 Å². The van der Waals surface area contributed by atoms with E-state index in [1.54, 1.807) is 0 Å². The average molecular weight is 429 g/mol. The first-order valence-corrected chi connectivity index (χ1v) is 11.2. The number of para-hydroxylation sites is 1. The van der Waals surface area contributed by atoms with E-state index in [0.29, 0.717) is 18.7 Å². The maximum atomic E-state index is 13.6. The molecular weight excluding hydrogens is 400 g/mol. The predicted octanol–water partition coefficient (Wildman–Crippen LogP) is 5.19. The SMILES string of the molecule is CC1(c2ccc(OCC3CCCO3)cc2)Nc2ccccc2C(=O)N1Cc1ccccc1. The molecule has 1 saturated heterocycles. The van der Waals surface area contributed by atoms with Crippen molar-refractivity contribution >= 4 is 11.6 Å². The lowest BCUT2D eigenvalue weighted by Crippen LogP contribution is -2.55. The van der Waals surface area contributed by atoms with Crippen LogP contribution in [-0.2, 0) is 16.9 Å². The van der Waals surface area contributed by atoms with Crippen molar-refractivity contribution in [3.05, 3.63) is 95.6 Å². The van der Waals surface area contributed by atoms with Crippen LogP contribution >= 0.6 is 0 Å². The van der Waals surface area contributed by atoms with Crippen LogP contribution in [0.1, 0.15) is 41.3 Å². The number of rotatable bonds is 6. The molecule has 1 amide bonds. The Balaban J connectivity index is 1.44. The minimum atomic E-state index is -0.700. The lowest BCUT2D eigenvalue weighted by atomic mass is 9.93. The third-order valence-electron chi connectivity index (χ3n) is 6.38. The number of hydrogen-bond acceptors (Lipinski definition) is 4. The molecule has 0 spiro atoms. The van der Waals surface area contributed by atoms with Crippen LogP contribution in [0, 0.1) is 0 Å². The Hall–Kier alpha value is -3.31. The first-order valence-electron chi connectivity index (χ1n) is 11.2.